The van der Waals surface area contributed by atoms with Crippen molar-refractivity contribution in [1.82, 2.24) is 10.2 Å². The fourth-order valence-corrected chi connectivity index (χ4v) is 7.88. The Labute approximate surface area is 337 Å². The maximum absolute atomic E-state index is 12.9. The first-order valence-corrected chi connectivity index (χ1v) is 19.7. The molecule has 0 saturated carbocycles. The molecule has 1 amide bonds. The normalized spacial score (nSPS) is 25.3. The van der Waals surface area contributed by atoms with Gasteiger partial charge < -0.3 is 59.6 Å². The van der Waals surface area contributed by atoms with Crippen molar-refractivity contribution in [2.75, 3.05) is 46.0 Å². The lowest BCUT2D eigenvalue weighted by Crippen LogP contribution is -2.56. The minimum atomic E-state index is -1.57. The summed E-state index contributed by atoms with van der Waals surface area (Å²) in [7, 11) is 0. The molecule has 7 N–H and O–H groups in total. The fourth-order valence-electron chi connectivity index (χ4n) is 7.88. The summed E-state index contributed by atoms with van der Waals surface area (Å²) in [6.45, 7) is -0.206. The van der Waals surface area contributed by atoms with Gasteiger partial charge in [0.05, 0.1) is 25.4 Å². The molecule has 310 valence electrons. The average Bonchev–Trinajstić information content (AvgIpc) is 3.58. The lowest BCUT2D eigenvalue weighted by atomic mass is 9.98. The van der Waals surface area contributed by atoms with Gasteiger partial charge in [0.25, 0.3) is 0 Å². The molecule has 0 radical (unpaired) electrons. The van der Waals surface area contributed by atoms with E-state index in [0.717, 1.165) is 22.3 Å². The van der Waals surface area contributed by atoms with Crippen LogP contribution in [0.2, 0.25) is 0 Å². The predicted molar refractivity (Wildman–Crippen MR) is 210 cm³/mol. The number of carbonyl (C=O) groups is 1. The van der Waals surface area contributed by atoms with Crippen molar-refractivity contribution in [1.29, 1.82) is 0 Å². The summed E-state index contributed by atoms with van der Waals surface area (Å²) in [4.78, 5) is 14.5. The van der Waals surface area contributed by atoms with Crippen molar-refractivity contribution in [3.63, 3.8) is 0 Å². The van der Waals surface area contributed by atoms with Gasteiger partial charge in [-0.2, -0.15) is 0 Å². The van der Waals surface area contributed by atoms with Crippen LogP contribution >= 0.6 is 0 Å². The highest BCUT2D eigenvalue weighted by Crippen LogP contribution is 2.44. The Kier molecular flexibility index (Phi) is 14.2. The summed E-state index contributed by atoms with van der Waals surface area (Å²) in [6, 6.07) is 34.2. The SMILES string of the molecule is O=C(NCCCN(C[C@H](O)[C@@H](O)[C@@H]1OC(c2ccccc2)OC[C@H]1O)C[C@H](O)[C@@H](O)[C@@H]1OC(c2ccccc2)OC[C@H]1O)OCC1c2ccccc2-c2ccccc21. The van der Waals surface area contributed by atoms with Gasteiger partial charge in [-0.15, -0.1) is 0 Å². The molecule has 7 rings (SSSR count). The number of benzene rings is 4. The van der Waals surface area contributed by atoms with Gasteiger partial charge in [-0.1, -0.05) is 109 Å². The molecule has 2 fully saturated rings. The van der Waals surface area contributed by atoms with E-state index in [9.17, 15) is 35.4 Å². The maximum Gasteiger partial charge on any atom is 0.407 e. The third-order valence-corrected chi connectivity index (χ3v) is 10.9. The van der Waals surface area contributed by atoms with Gasteiger partial charge in [0.15, 0.2) is 12.6 Å². The average molecular weight is 801 g/mol. The smallest absolute Gasteiger partial charge is 0.407 e. The Bertz CT molecular complexity index is 1780. The molecule has 0 aromatic heterocycles. The first-order valence-electron chi connectivity index (χ1n) is 19.7. The number of fused-ring (bicyclic) bond motifs is 3. The van der Waals surface area contributed by atoms with Gasteiger partial charge in [-0.05, 0) is 28.7 Å². The molecule has 2 saturated heterocycles. The van der Waals surface area contributed by atoms with Crippen LogP contribution in [0.3, 0.4) is 0 Å². The summed E-state index contributed by atoms with van der Waals surface area (Å²) in [5, 5.41) is 69.4. The molecule has 14 heteroatoms. The van der Waals surface area contributed by atoms with Crippen LogP contribution in [-0.2, 0) is 23.7 Å². The summed E-state index contributed by atoms with van der Waals surface area (Å²) in [5.74, 6) is -0.100. The van der Waals surface area contributed by atoms with Crippen molar-refractivity contribution in [3.05, 3.63) is 131 Å². The standard InChI is InChI=1S/C44H52N2O12/c47-34(38(51)40-36(49)25-54-42(57-40)27-12-3-1-4-13-27)22-46(23-35(48)39(52)41-37(50)26-55-43(58-41)28-14-5-2-6-15-28)21-11-20-45-44(53)56-24-33-31-18-9-7-16-29(31)30-17-8-10-19-32(30)33/h1-10,12-19,33-43,47-52H,11,20-26H2,(H,45,53)/t34-,35-,36+,37+,38+,39+,40+,41+,42?,43?/m0/s1. The number of aliphatic hydroxyl groups excluding tert-OH is 6. The number of hydrogen-bond acceptors (Lipinski definition) is 13. The number of rotatable bonds is 16. The zero-order valence-electron chi connectivity index (χ0n) is 32.0. The Morgan fingerprint density at radius 2 is 1.12 bits per heavy atom. The van der Waals surface area contributed by atoms with E-state index >= 15 is 0 Å². The summed E-state index contributed by atoms with van der Waals surface area (Å²) in [5.41, 5.74) is 5.78. The molecule has 4 aromatic carbocycles. The third-order valence-electron chi connectivity index (χ3n) is 10.9. The van der Waals surface area contributed by atoms with Gasteiger partial charge in [-0.3, -0.25) is 4.90 Å². The lowest BCUT2D eigenvalue weighted by Gasteiger charge is -2.40. The first-order chi connectivity index (χ1) is 28.2. The zero-order valence-corrected chi connectivity index (χ0v) is 32.0. The number of nitrogens with zero attached hydrogens (tertiary/aromatic N) is 1. The topological polar surface area (TPSA) is 200 Å². The quantitative estimate of drug-likeness (QED) is 0.0818. The second-order valence-electron chi connectivity index (χ2n) is 15.0. The van der Waals surface area contributed by atoms with Gasteiger partial charge in [0.1, 0.15) is 43.2 Å². The number of alkyl carbamates (subject to hydrolysis) is 1. The highest BCUT2D eigenvalue weighted by atomic mass is 16.7. The van der Waals surface area contributed by atoms with Crippen molar-refractivity contribution in [3.8, 4) is 11.1 Å². The highest BCUT2D eigenvalue weighted by Gasteiger charge is 2.42. The van der Waals surface area contributed by atoms with Crippen LogP contribution in [0.4, 0.5) is 4.79 Å². The van der Waals surface area contributed by atoms with E-state index < -0.39 is 67.5 Å². The van der Waals surface area contributed by atoms with E-state index in [2.05, 4.69) is 17.4 Å². The number of hydrogen-bond donors (Lipinski definition) is 7. The van der Waals surface area contributed by atoms with E-state index in [1.165, 1.54) is 0 Å². The number of carbonyl (C=O) groups excluding carboxylic acids is 1. The summed E-state index contributed by atoms with van der Waals surface area (Å²) < 4.78 is 28.8. The van der Waals surface area contributed by atoms with E-state index in [1.54, 1.807) is 53.4 Å². The Morgan fingerprint density at radius 1 is 0.672 bits per heavy atom. The second-order valence-corrected chi connectivity index (χ2v) is 15.0. The number of nitrogens with one attached hydrogen (secondary N) is 1. The monoisotopic (exact) mass is 800 g/mol. The van der Waals surface area contributed by atoms with Crippen LogP contribution in [0.25, 0.3) is 11.1 Å². The van der Waals surface area contributed by atoms with Gasteiger partial charge in [-0.25, -0.2) is 4.79 Å². The highest BCUT2D eigenvalue weighted by molar-refractivity contribution is 5.79. The van der Waals surface area contributed by atoms with Crippen LogP contribution in [-0.4, -0.2) is 136 Å². The number of ether oxygens (including phenoxy) is 5. The van der Waals surface area contributed by atoms with Gasteiger partial charge in [0.2, 0.25) is 0 Å². The van der Waals surface area contributed by atoms with E-state index in [0.29, 0.717) is 17.5 Å². The lowest BCUT2D eigenvalue weighted by molar-refractivity contribution is -0.285. The van der Waals surface area contributed by atoms with Crippen LogP contribution in [0.1, 0.15) is 47.2 Å². The molecule has 4 aromatic rings. The van der Waals surface area contributed by atoms with E-state index in [4.69, 9.17) is 23.7 Å². The van der Waals surface area contributed by atoms with E-state index in [1.807, 2.05) is 48.5 Å². The molecule has 3 aliphatic rings. The van der Waals surface area contributed by atoms with Crippen molar-refractivity contribution >= 4 is 6.09 Å². The first kappa shape index (κ1) is 41.9. The largest absolute Gasteiger partial charge is 0.449 e. The van der Waals surface area contributed by atoms with Crippen molar-refractivity contribution in [2.45, 2.75) is 73.8 Å². The van der Waals surface area contributed by atoms with Crippen LogP contribution < -0.4 is 5.32 Å². The second kappa shape index (κ2) is 19.6. The number of aliphatic hydroxyl groups is 6. The molecular formula is C44H52N2O12. The van der Waals surface area contributed by atoms with Crippen molar-refractivity contribution in [2.24, 2.45) is 0 Å². The van der Waals surface area contributed by atoms with Crippen LogP contribution in [0.5, 0.6) is 0 Å². The fraction of sp³-hybridized carbons (Fsp3) is 0.432. The van der Waals surface area contributed by atoms with E-state index in [-0.39, 0.29) is 51.9 Å². The molecule has 2 unspecified atom stereocenters. The minimum absolute atomic E-state index is 0.100. The third kappa shape index (κ3) is 9.93. The molecule has 14 nitrogen and oxygen atoms in total. The van der Waals surface area contributed by atoms with Gasteiger partial charge >= 0.3 is 6.09 Å². The summed E-state index contributed by atoms with van der Waals surface area (Å²) >= 11 is 0. The Morgan fingerprint density at radius 3 is 1.60 bits per heavy atom. The maximum atomic E-state index is 12.9. The Hall–Kier alpha value is -4.29. The van der Waals surface area contributed by atoms with Gasteiger partial charge in [0, 0.05) is 43.2 Å². The molecule has 0 bridgehead atoms. The Balaban J connectivity index is 0.970. The molecule has 1 aliphatic carbocycles. The predicted octanol–water partition coefficient (Wildman–Crippen LogP) is 2.61. The molecule has 58 heavy (non-hydrogen) atoms. The molecule has 0 spiro atoms. The van der Waals surface area contributed by atoms with Crippen molar-refractivity contribution < 1.29 is 59.1 Å². The zero-order chi connectivity index (χ0) is 40.6. The molecule has 2 heterocycles. The van der Waals surface area contributed by atoms with Crippen LogP contribution in [0, 0.1) is 0 Å². The number of amides is 1. The molecule has 2 aliphatic heterocycles. The molecular weight excluding hydrogens is 748 g/mol. The van der Waals surface area contributed by atoms with Crippen LogP contribution in [0.15, 0.2) is 109 Å². The minimum Gasteiger partial charge on any atom is -0.449 e. The summed E-state index contributed by atoms with van der Waals surface area (Å²) in [6.07, 6.45) is -13.0. The molecule has 10 atom stereocenters.